The van der Waals surface area contributed by atoms with Crippen molar-refractivity contribution in [3.63, 3.8) is 0 Å². The Morgan fingerprint density at radius 2 is 2.33 bits per heavy atom. The second-order valence-corrected chi connectivity index (χ2v) is 2.93. The molecule has 2 nitrogen and oxygen atoms in total. The first kappa shape index (κ1) is 11.6. The molecule has 1 rings (SSSR count). The molecule has 0 saturated carbocycles. The van der Waals surface area contributed by atoms with Gasteiger partial charge in [-0.2, -0.15) is 12.6 Å². The van der Waals surface area contributed by atoms with Crippen LogP contribution in [0.25, 0.3) is 0 Å². The molecule has 4 heteroatoms. The number of carbonyl (C=O) groups is 1. The highest BCUT2D eigenvalue weighted by molar-refractivity contribution is 7.80. The highest BCUT2D eigenvalue weighted by atomic mass is 32.1. The number of methoxy groups -OCH3 is 1. The maximum Gasteiger partial charge on any atom is 0.340 e. The monoisotopic (exact) mass is 224 g/mol. The zero-order valence-corrected chi connectivity index (χ0v) is 8.98. The summed E-state index contributed by atoms with van der Waals surface area (Å²) in [5.74, 6) is 4.16. The highest BCUT2D eigenvalue weighted by Crippen LogP contribution is 2.12. The molecular weight excluding hydrogens is 215 g/mol. The molecule has 0 unspecified atom stereocenters. The molecule has 0 N–H and O–H groups in total. The van der Waals surface area contributed by atoms with Crippen molar-refractivity contribution in [1.82, 2.24) is 0 Å². The number of rotatable bonds is 1. The van der Waals surface area contributed by atoms with E-state index >= 15 is 0 Å². The Kier molecular flexibility index (Phi) is 4.19. The molecule has 0 aliphatic heterocycles. The van der Waals surface area contributed by atoms with Crippen LogP contribution in [0.3, 0.4) is 0 Å². The molecule has 0 bridgehead atoms. The average Bonchev–Trinajstić information content (AvgIpc) is 2.27. The summed E-state index contributed by atoms with van der Waals surface area (Å²) < 4.78 is 18.0. The minimum Gasteiger partial charge on any atom is -0.465 e. The minimum absolute atomic E-state index is 0.108. The topological polar surface area (TPSA) is 26.3 Å². The number of halogens is 1. The number of ether oxygens (including phenoxy) is 1. The lowest BCUT2D eigenvalue weighted by Gasteiger charge is -2.01. The maximum atomic E-state index is 13.6. The standard InChI is InChI=1S/C11H9FO2S/c1-14-11(13)9-6-2-4-8(10(9)12)5-3-7-15/h2,4,6,15H,7H2,1H3. The van der Waals surface area contributed by atoms with Crippen LogP contribution in [0.15, 0.2) is 18.2 Å². The fourth-order valence-corrected chi connectivity index (χ4v) is 1.11. The van der Waals surface area contributed by atoms with Crippen LogP contribution in [-0.2, 0) is 4.74 Å². The van der Waals surface area contributed by atoms with Crippen molar-refractivity contribution in [2.75, 3.05) is 12.9 Å². The highest BCUT2D eigenvalue weighted by Gasteiger charge is 2.13. The van der Waals surface area contributed by atoms with Gasteiger partial charge in [0.15, 0.2) is 5.82 Å². The van der Waals surface area contributed by atoms with E-state index in [1.165, 1.54) is 19.2 Å². The number of carbonyl (C=O) groups excluding carboxylic acids is 1. The molecule has 1 aromatic rings. The van der Waals surface area contributed by atoms with Gasteiger partial charge in [-0.05, 0) is 12.1 Å². The lowest BCUT2D eigenvalue weighted by Crippen LogP contribution is -2.05. The van der Waals surface area contributed by atoms with Crippen LogP contribution >= 0.6 is 12.6 Å². The van der Waals surface area contributed by atoms with E-state index in [1.807, 2.05) is 0 Å². The largest absolute Gasteiger partial charge is 0.465 e. The van der Waals surface area contributed by atoms with Crippen molar-refractivity contribution in [1.29, 1.82) is 0 Å². The summed E-state index contributed by atoms with van der Waals surface area (Å²) in [5, 5.41) is 0. The maximum absolute atomic E-state index is 13.6. The van der Waals surface area contributed by atoms with Crippen LogP contribution in [0, 0.1) is 17.7 Å². The molecule has 0 saturated heterocycles. The second kappa shape index (κ2) is 5.42. The molecular formula is C11H9FO2S. The molecule has 0 aliphatic carbocycles. The van der Waals surface area contributed by atoms with E-state index in [-0.39, 0.29) is 11.1 Å². The molecule has 0 amide bonds. The third-order valence-electron chi connectivity index (χ3n) is 1.71. The van der Waals surface area contributed by atoms with Gasteiger partial charge in [-0.1, -0.05) is 17.9 Å². The fourth-order valence-electron chi connectivity index (χ4n) is 1.03. The first-order chi connectivity index (χ1) is 7.20. The third kappa shape index (κ3) is 2.74. The Bertz CT molecular complexity index is 432. The molecule has 0 atom stereocenters. The first-order valence-corrected chi connectivity index (χ1v) is 4.80. The van der Waals surface area contributed by atoms with Crippen LogP contribution in [0.2, 0.25) is 0 Å². The summed E-state index contributed by atoms with van der Waals surface area (Å²) in [4.78, 5) is 11.1. The normalized spacial score (nSPS) is 9.00. The van der Waals surface area contributed by atoms with E-state index in [0.29, 0.717) is 5.75 Å². The van der Waals surface area contributed by atoms with Crippen LogP contribution in [0.5, 0.6) is 0 Å². The Balaban J connectivity index is 3.17. The van der Waals surface area contributed by atoms with Gasteiger partial charge in [0.1, 0.15) is 0 Å². The smallest absolute Gasteiger partial charge is 0.340 e. The van der Waals surface area contributed by atoms with Gasteiger partial charge in [-0.3, -0.25) is 0 Å². The van der Waals surface area contributed by atoms with Crippen molar-refractivity contribution < 1.29 is 13.9 Å². The molecule has 0 radical (unpaired) electrons. The Morgan fingerprint density at radius 3 is 2.93 bits per heavy atom. The Morgan fingerprint density at radius 1 is 1.60 bits per heavy atom. The fraction of sp³-hybridized carbons (Fsp3) is 0.182. The molecule has 78 valence electrons. The van der Waals surface area contributed by atoms with Crippen molar-refractivity contribution >= 4 is 18.6 Å². The van der Waals surface area contributed by atoms with Gasteiger partial charge < -0.3 is 4.74 Å². The molecule has 0 fully saturated rings. The van der Waals surface area contributed by atoms with E-state index in [2.05, 4.69) is 29.2 Å². The summed E-state index contributed by atoms with van der Waals surface area (Å²) in [6.45, 7) is 0. The van der Waals surface area contributed by atoms with Crippen molar-refractivity contribution in [3.8, 4) is 11.8 Å². The van der Waals surface area contributed by atoms with E-state index in [0.717, 1.165) is 0 Å². The van der Waals surface area contributed by atoms with Gasteiger partial charge in [-0.15, -0.1) is 0 Å². The molecule has 0 aliphatic rings. The lowest BCUT2D eigenvalue weighted by atomic mass is 10.1. The van der Waals surface area contributed by atoms with Crippen LogP contribution in [-0.4, -0.2) is 18.8 Å². The summed E-state index contributed by atoms with van der Waals surface area (Å²) >= 11 is 3.88. The average molecular weight is 224 g/mol. The first-order valence-electron chi connectivity index (χ1n) is 4.17. The van der Waals surface area contributed by atoms with Crippen molar-refractivity contribution in [2.45, 2.75) is 0 Å². The number of benzene rings is 1. The van der Waals surface area contributed by atoms with Gasteiger partial charge >= 0.3 is 5.97 Å². The van der Waals surface area contributed by atoms with Crippen molar-refractivity contribution in [3.05, 3.63) is 35.1 Å². The third-order valence-corrected chi connectivity index (χ3v) is 1.86. The number of esters is 1. The summed E-state index contributed by atoms with van der Waals surface area (Å²) in [7, 11) is 1.20. The van der Waals surface area contributed by atoms with E-state index in [1.54, 1.807) is 6.07 Å². The van der Waals surface area contributed by atoms with Crippen LogP contribution in [0.4, 0.5) is 4.39 Å². The lowest BCUT2D eigenvalue weighted by molar-refractivity contribution is 0.0595. The summed E-state index contributed by atoms with van der Waals surface area (Å²) in [6.07, 6.45) is 0. The molecule has 1 aromatic carbocycles. The molecule has 0 spiro atoms. The zero-order valence-electron chi connectivity index (χ0n) is 8.08. The molecule has 15 heavy (non-hydrogen) atoms. The SMILES string of the molecule is COC(=O)c1cccc(C#CCS)c1F. The predicted molar refractivity (Wildman–Crippen MR) is 58.5 cm³/mol. The van der Waals surface area contributed by atoms with Crippen LogP contribution < -0.4 is 0 Å². The molecule has 0 heterocycles. The van der Waals surface area contributed by atoms with E-state index in [4.69, 9.17) is 0 Å². The number of hydrogen-bond donors (Lipinski definition) is 1. The molecule has 0 aromatic heterocycles. The summed E-state index contributed by atoms with van der Waals surface area (Å²) in [5.41, 5.74) is 0.0652. The Labute approximate surface area is 92.9 Å². The van der Waals surface area contributed by atoms with Crippen LogP contribution in [0.1, 0.15) is 15.9 Å². The quantitative estimate of drug-likeness (QED) is 0.448. The van der Waals surface area contributed by atoms with Crippen molar-refractivity contribution in [2.24, 2.45) is 0 Å². The summed E-state index contributed by atoms with van der Waals surface area (Å²) in [6, 6.07) is 4.41. The van der Waals surface area contributed by atoms with E-state index in [9.17, 15) is 9.18 Å². The van der Waals surface area contributed by atoms with Gasteiger partial charge in [0, 0.05) is 0 Å². The minimum atomic E-state index is -0.706. The number of thiol groups is 1. The zero-order chi connectivity index (χ0) is 11.3. The second-order valence-electron chi connectivity index (χ2n) is 2.62. The predicted octanol–water partition coefficient (Wildman–Crippen LogP) is 1.89. The van der Waals surface area contributed by atoms with Gasteiger partial charge in [0.2, 0.25) is 0 Å². The Hall–Kier alpha value is -1.47. The van der Waals surface area contributed by atoms with Gasteiger partial charge in [0.05, 0.1) is 24.0 Å². The van der Waals surface area contributed by atoms with Gasteiger partial charge in [-0.25, -0.2) is 9.18 Å². The van der Waals surface area contributed by atoms with E-state index < -0.39 is 11.8 Å². The van der Waals surface area contributed by atoms with Gasteiger partial charge in [0.25, 0.3) is 0 Å². The number of hydrogen-bond acceptors (Lipinski definition) is 3.